The number of aliphatic hydroxyl groups is 1. The number of nitrogens with one attached hydrogen (secondary N) is 2. The van der Waals surface area contributed by atoms with E-state index in [1.165, 1.54) is 23.7 Å². The third-order valence-corrected chi connectivity index (χ3v) is 8.65. The van der Waals surface area contributed by atoms with Crippen molar-refractivity contribution < 1.29 is 5.11 Å². The number of aromatic nitrogens is 6. The van der Waals surface area contributed by atoms with Crippen LogP contribution < -0.4 is 10.0 Å². The first kappa shape index (κ1) is 27.3. The predicted octanol–water partition coefficient (Wildman–Crippen LogP) is 7.59. The number of hydrogen-bond acceptors (Lipinski definition) is 10. The number of aryl methyl sites for hydroxylation is 1. The fraction of sp³-hybridized carbons (Fsp3) is 0.156. The molecular weight excluding hydrogens is 577 g/mol. The van der Waals surface area contributed by atoms with E-state index < -0.39 is 5.60 Å². The van der Waals surface area contributed by atoms with Crippen molar-refractivity contribution in [3.8, 4) is 11.3 Å². The van der Waals surface area contributed by atoms with Crippen molar-refractivity contribution in [2.24, 2.45) is 0 Å². The van der Waals surface area contributed by atoms with Gasteiger partial charge in [0.2, 0.25) is 0 Å². The van der Waals surface area contributed by atoms with E-state index in [0.29, 0.717) is 6.54 Å². The Morgan fingerprint density at radius 2 is 1.77 bits per heavy atom. The normalized spacial score (nSPS) is 11.9. The molecule has 214 valence electrons. The van der Waals surface area contributed by atoms with E-state index in [2.05, 4.69) is 47.9 Å². The first-order chi connectivity index (χ1) is 20.8. The van der Waals surface area contributed by atoms with Gasteiger partial charge in [0.15, 0.2) is 0 Å². The second-order valence-electron chi connectivity index (χ2n) is 11.0. The van der Waals surface area contributed by atoms with E-state index in [4.69, 9.17) is 4.98 Å². The minimum Gasteiger partial charge on any atom is -0.389 e. The lowest BCUT2D eigenvalue weighted by Gasteiger charge is -2.18. The zero-order valence-electron chi connectivity index (χ0n) is 23.7. The van der Waals surface area contributed by atoms with Crippen LogP contribution in [-0.2, 0) is 6.54 Å². The van der Waals surface area contributed by atoms with E-state index in [1.807, 2.05) is 77.9 Å². The summed E-state index contributed by atoms with van der Waals surface area (Å²) in [5, 5.41) is 21.4. The van der Waals surface area contributed by atoms with Gasteiger partial charge in [0.05, 0.1) is 46.2 Å². The monoisotopic (exact) mass is 604 g/mol. The molecule has 0 aliphatic heterocycles. The van der Waals surface area contributed by atoms with Crippen molar-refractivity contribution in [3.05, 3.63) is 90.9 Å². The Hall–Kier alpha value is -4.58. The molecule has 0 radical (unpaired) electrons. The van der Waals surface area contributed by atoms with Gasteiger partial charge in [0, 0.05) is 45.5 Å². The fourth-order valence-electron chi connectivity index (χ4n) is 5.14. The molecule has 0 spiro atoms. The third kappa shape index (κ3) is 5.50. The molecule has 0 unspecified atom stereocenters. The summed E-state index contributed by atoms with van der Waals surface area (Å²) in [6.07, 6.45) is 5.56. The van der Waals surface area contributed by atoms with Crippen LogP contribution in [-0.4, -0.2) is 39.2 Å². The Balaban J connectivity index is 1.13. The molecule has 9 nitrogen and oxygen atoms in total. The van der Waals surface area contributed by atoms with Gasteiger partial charge in [-0.1, -0.05) is 12.1 Å². The largest absolute Gasteiger partial charge is 0.389 e. The number of benzene rings is 3. The van der Waals surface area contributed by atoms with Crippen LogP contribution >= 0.6 is 23.7 Å². The second-order valence-corrected chi connectivity index (χ2v) is 12.4. The topological polar surface area (TPSA) is 114 Å². The smallest absolute Gasteiger partial charge is 0.130 e. The number of pyridine rings is 2. The molecule has 0 fully saturated rings. The maximum absolute atomic E-state index is 10.3. The summed E-state index contributed by atoms with van der Waals surface area (Å²) in [6.45, 7) is 6.08. The molecule has 0 atom stereocenters. The third-order valence-electron chi connectivity index (χ3n) is 7.22. The van der Waals surface area contributed by atoms with Crippen LogP contribution in [0.3, 0.4) is 0 Å². The Bertz CT molecular complexity index is 2100. The first-order valence-electron chi connectivity index (χ1n) is 13.8. The standard InChI is InChI=1S/C32H28N8OS2/c1-19-23(11-12-27-25(19)17-35-40(27)18-32(2,3)41)30-24-15-29(34-16-20(24)13-14-33-30)36-21-7-9-22(10-8-21)37-42-28-6-4-5-26-31(28)39-43-38-26/h4-17,37,41H,18H2,1-3H3,(H,34,36). The van der Waals surface area contributed by atoms with Gasteiger partial charge in [-0.3, -0.25) is 9.67 Å². The van der Waals surface area contributed by atoms with Crippen LogP contribution in [0.25, 0.3) is 44.0 Å². The van der Waals surface area contributed by atoms with Crippen LogP contribution in [0.4, 0.5) is 17.2 Å². The molecule has 11 heteroatoms. The van der Waals surface area contributed by atoms with Crippen LogP contribution in [0.15, 0.2) is 90.2 Å². The second kappa shape index (κ2) is 10.9. The minimum atomic E-state index is -0.857. The van der Waals surface area contributed by atoms with Gasteiger partial charge in [-0.05, 0) is 92.9 Å². The highest BCUT2D eigenvalue weighted by Crippen LogP contribution is 2.34. The minimum absolute atomic E-state index is 0.416. The maximum atomic E-state index is 10.3. The van der Waals surface area contributed by atoms with Crippen LogP contribution in [0.5, 0.6) is 0 Å². The van der Waals surface area contributed by atoms with Crippen molar-refractivity contribution in [2.75, 3.05) is 10.0 Å². The average Bonchev–Trinajstić information content (AvgIpc) is 3.64. The lowest BCUT2D eigenvalue weighted by atomic mass is 9.98. The predicted molar refractivity (Wildman–Crippen MR) is 176 cm³/mol. The van der Waals surface area contributed by atoms with Gasteiger partial charge in [-0.25, -0.2) is 4.98 Å². The fourth-order valence-corrected chi connectivity index (χ4v) is 6.50. The number of fused-ring (bicyclic) bond motifs is 3. The summed E-state index contributed by atoms with van der Waals surface area (Å²) < 4.78 is 14.0. The summed E-state index contributed by atoms with van der Waals surface area (Å²) in [6, 6.07) is 22.3. The molecule has 3 N–H and O–H groups in total. The van der Waals surface area contributed by atoms with Gasteiger partial charge < -0.3 is 15.1 Å². The molecule has 0 saturated carbocycles. The Labute approximate surface area is 256 Å². The highest BCUT2D eigenvalue weighted by Gasteiger charge is 2.18. The van der Waals surface area contributed by atoms with Crippen LogP contribution in [0.2, 0.25) is 0 Å². The van der Waals surface area contributed by atoms with Crippen molar-refractivity contribution in [1.29, 1.82) is 0 Å². The summed E-state index contributed by atoms with van der Waals surface area (Å²) in [7, 11) is 0. The van der Waals surface area contributed by atoms with Gasteiger partial charge in [-0.15, -0.1) is 0 Å². The van der Waals surface area contributed by atoms with Crippen molar-refractivity contribution in [1.82, 2.24) is 28.5 Å². The van der Waals surface area contributed by atoms with Crippen LogP contribution in [0.1, 0.15) is 19.4 Å². The summed E-state index contributed by atoms with van der Waals surface area (Å²) in [5.74, 6) is 0.733. The Kier molecular flexibility index (Phi) is 6.92. The number of rotatable bonds is 8. The zero-order valence-corrected chi connectivity index (χ0v) is 25.4. The van der Waals surface area contributed by atoms with Gasteiger partial charge in [0.25, 0.3) is 0 Å². The van der Waals surface area contributed by atoms with Gasteiger partial charge in [-0.2, -0.15) is 13.8 Å². The zero-order chi connectivity index (χ0) is 29.6. The molecule has 0 bridgehead atoms. The molecule has 0 saturated heterocycles. The van der Waals surface area contributed by atoms with E-state index in [0.717, 1.165) is 71.6 Å². The van der Waals surface area contributed by atoms with Gasteiger partial charge in [0.1, 0.15) is 16.9 Å². The molecule has 0 amide bonds. The molecule has 4 heterocycles. The summed E-state index contributed by atoms with van der Waals surface area (Å²) in [4.78, 5) is 10.5. The number of anilines is 3. The first-order valence-corrected chi connectivity index (χ1v) is 15.3. The molecular formula is C32H28N8OS2. The van der Waals surface area contributed by atoms with Crippen LogP contribution in [0, 0.1) is 6.92 Å². The average molecular weight is 605 g/mol. The molecule has 0 aliphatic carbocycles. The SMILES string of the molecule is Cc1c(-c2nccc3cnc(Nc4ccc(NSc5cccc6nsnc56)cc4)cc23)ccc2c1cnn2CC(C)(C)O. The highest BCUT2D eigenvalue weighted by atomic mass is 32.2. The van der Waals surface area contributed by atoms with Crippen molar-refractivity contribution in [3.63, 3.8) is 0 Å². The molecule has 3 aromatic carbocycles. The Morgan fingerprint density at radius 3 is 2.60 bits per heavy atom. The molecule has 4 aromatic heterocycles. The Morgan fingerprint density at radius 1 is 0.930 bits per heavy atom. The lowest BCUT2D eigenvalue weighted by Crippen LogP contribution is -2.26. The summed E-state index contributed by atoms with van der Waals surface area (Å²) >= 11 is 2.75. The summed E-state index contributed by atoms with van der Waals surface area (Å²) in [5.41, 5.74) is 6.87. The van der Waals surface area contributed by atoms with Gasteiger partial charge >= 0.3 is 0 Å². The van der Waals surface area contributed by atoms with E-state index in [9.17, 15) is 5.11 Å². The maximum Gasteiger partial charge on any atom is 0.130 e. The molecule has 0 aliphatic rings. The van der Waals surface area contributed by atoms with E-state index in [1.54, 1.807) is 13.8 Å². The molecule has 7 aromatic rings. The molecule has 43 heavy (non-hydrogen) atoms. The quantitative estimate of drug-likeness (QED) is 0.151. The van der Waals surface area contributed by atoms with E-state index in [-0.39, 0.29) is 0 Å². The number of nitrogens with zero attached hydrogens (tertiary/aromatic N) is 6. The van der Waals surface area contributed by atoms with Crippen molar-refractivity contribution >= 4 is 73.6 Å². The number of hydrogen-bond donors (Lipinski definition) is 3. The lowest BCUT2D eigenvalue weighted by molar-refractivity contribution is 0.0591. The van der Waals surface area contributed by atoms with Crippen molar-refractivity contribution in [2.45, 2.75) is 37.8 Å². The van der Waals surface area contributed by atoms with E-state index >= 15 is 0 Å². The highest BCUT2D eigenvalue weighted by molar-refractivity contribution is 8.00. The molecule has 7 rings (SSSR count).